The molecule has 3 atom stereocenters. The Hall–Kier alpha value is -1.39. The number of aromatic nitrogens is 1. The Labute approximate surface area is 112 Å². The fourth-order valence-corrected chi connectivity index (χ4v) is 3.98. The van der Waals surface area contributed by atoms with Gasteiger partial charge in [0.2, 0.25) is 5.56 Å². The molecule has 3 rings (SSSR count). The topological polar surface area (TPSA) is 79.1 Å². The number of nitrogens with one attached hydrogen (secondary N) is 1. The van der Waals surface area contributed by atoms with E-state index in [1.807, 2.05) is 12.1 Å². The molecule has 2 aliphatic rings. The second-order valence-corrected chi connectivity index (χ2v) is 5.97. The number of hydrogen-bond acceptors (Lipinski definition) is 3. The van der Waals surface area contributed by atoms with Crippen molar-refractivity contribution < 1.29 is 5.11 Å². The van der Waals surface area contributed by atoms with E-state index in [-0.39, 0.29) is 12.2 Å². The molecule has 2 bridgehead atoms. The molecule has 0 saturated heterocycles. The maximum Gasteiger partial charge on any atom is 0.248 e. The van der Waals surface area contributed by atoms with E-state index in [1.165, 1.54) is 0 Å². The highest BCUT2D eigenvalue weighted by Gasteiger charge is 2.46. The average molecular weight is 260 g/mol. The number of fused-ring (bicyclic) bond motifs is 4. The molecule has 102 valence electrons. The number of aliphatic hydroxyl groups is 1. The largest absolute Gasteiger partial charge is 0.392 e. The summed E-state index contributed by atoms with van der Waals surface area (Å²) in [7, 11) is 0. The van der Waals surface area contributed by atoms with Crippen molar-refractivity contribution in [1.29, 1.82) is 0 Å². The van der Waals surface area contributed by atoms with Crippen LogP contribution in [0.25, 0.3) is 0 Å². The quantitative estimate of drug-likeness (QED) is 0.660. The summed E-state index contributed by atoms with van der Waals surface area (Å²) >= 11 is 0. The Balaban J connectivity index is 2.20. The maximum atomic E-state index is 11.5. The second kappa shape index (κ2) is 4.32. The van der Waals surface area contributed by atoms with Crippen molar-refractivity contribution >= 4 is 0 Å². The second-order valence-electron chi connectivity index (χ2n) is 5.97. The minimum absolute atomic E-state index is 0.0256. The molecule has 1 aromatic heterocycles. The van der Waals surface area contributed by atoms with Gasteiger partial charge in [-0.15, -0.1) is 0 Å². The summed E-state index contributed by atoms with van der Waals surface area (Å²) in [5, 5.41) is 9.26. The van der Waals surface area contributed by atoms with Gasteiger partial charge in [-0.05, 0) is 48.3 Å². The van der Waals surface area contributed by atoms with Gasteiger partial charge in [0.15, 0.2) is 0 Å². The van der Waals surface area contributed by atoms with Gasteiger partial charge in [0, 0.05) is 11.8 Å². The van der Waals surface area contributed by atoms with E-state index in [0.29, 0.717) is 11.8 Å². The van der Waals surface area contributed by atoms with Crippen LogP contribution in [0.15, 0.2) is 28.6 Å². The number of rotatable bonds is 1. The van der Waals surface area contributed by atoms with Gasteiger partial charge >= 0.3 is 0 Å². The zero-order valence-electron chi connectivity index (χ0n) is 11.1. The first-order valence-corrected chi connectivity index (χ1v) is 6.87. The van der Waals surface area contributed by atoms with Crippen molar-refractivity contribution in [2.45, 2.75) is 31.7 Å². The van der Waals surface area contributed by atoms with Crippen LogP contribution < -0.4 is 11.3 Å². The van der Waals surface area contributed by atoms with Crippen LogP contribution in [0.2, 0.25) is 0 Å². The van der Waals surface area contributed by atoms with E-state index in [1.54, 1.807) is 6.07 Å². The third kappa shape index (κ3) is 1.86. The summed E-state index contributed by atoms with van der Waals surface area (Å²) < 4.78 is 0. The number of aliphatic hydroxyl groups excluding tert-OH is 1. The van der Waals surface area contributed by atoms with Gasteiger partial charge in [0.05, 0.1) is 12.1 Å². The zero-order chi connectivity index (χ0) is 13.6. The molecule has 1 heterocycles. The summed E-state index contributed by atoms with van der Waals surface area (Å²) in [6.45, 7) is 2.25. The van der Waals surface area contributed by atoms with Crippen LogP contribution in [0, 0.1) is 11.8 Å². The van der Waals surface area contributed by atoms with E-state index >= 15 is 0 Å². The number of nitrogens with two attached hydrogens (primary N) is 1. The Morgan fingerprint density at radius 1 is 1.58 bits per heavy atom. The Kier molecular flexibility index (Phi) is 2.87. The highest BCUT2D eigenvalue weighted by Crippen LogP contribution is 2.50. The van der Waals surface area contributed by atoms with Crippen LogP contribution in [0.3, 0.4) is 0 Å². The molecular weight excluding hydrogens is 240 g/mol. The van der Waals surface area contributed by atoms with E-state index in [9.17, 15) is 9.90 Å². The number of aromatic amines is 1. The van der Waals surface area contributed by atoms with E-state index < -0.39 is 5.54 Å². The predicted octanol–water partition coefficient (Wildman–Crippen LogP) is 1.05. The number of pyridine rings is 1. The van der Waals surface area contributed by atoms with Crippen molar-refractivity contribution in [3.05, 3.63) is 45.4 Å². The molecule has 0 spiro atoms. The van der Waals surface area contributed by atoms with E-state index in [4.69, 9.17) is 5.73 Å². The minimum atomic E-state index is -0.525. The van der Waals surface area contributed by atoms with Gasteiger partial charge in [-0.3, -0.25) is 4.79 Å². The minimum Gasteiger partial charge on any atom is -0.392 e. The summed E-state index contributed by atoms with van der Waals surface area (Å²) in [5.41, 5.74) is 9.23. The molecule has 4 N–H and O–H groups in total. The molecule has 19 heavy (non-hydrogen) atoms. The van der Waals surface area contributed by atoms with Crippen LogP contribution in [0.4, 0.5) is 0 Å². The van der Waals surface area contributed by atoms with Gasteiger partial charge in [0.1, 0.15) is 0 Å². The summed E-state index contributed by atoms with van der Waals surface area (Å²) in [4.78, 5) is 14.4. The van der Waals surface area contributed by atoms with Crippen LogP contribution in [0.5, 0.6) is 0 Å². The molecule has 4 nitrogen and oxygen atoms in total. The standard InChI is InChI=1S/C15H20N2O2/c1-9-6-10-7-13-12(2-3-14(19)17-13)15(16,8-9)11(10)4-5-18/h2-4,9-10,18H,5-8,16H2,1H3,(H,17,19)/b11-4+/t9-,10+,15-/m1/s1. The lowest BCUT2D eigenvalue weighted by molar-refractivity contribution is 0.227. The molecule has 1 fully saturated rings. The van der Waals surface area contributed by atoms with Crippen molar-refractivity contribution in [3.63, 3.8) is 0 Å². The molecule has 0 amide bonds. The first-order chi connectivity index (χ1) is 9.04. The molecule has 0 aromatic carbocycles. The first kappa shape index (κ1) is 12.6. The normalized spacial score (nSPS) is 35.2. The molecule has 0 unspecified atom stereocenters. The van der Waals surface area contributed by atoms with Crippen LogP contribution in [-0.4, -0.2) is 16.7 Å². The van der Waals surface area contributed by atoms with Crippen LogP contribution >= 0.6 is 0 Å². The molecular formula is C15H20N2O2. The highest BCUT2D eigenvalue weighted by molar-refractivity contribution is 5.44. The first-order valence-electron chi connectivity index (χ1n) is 6.87. The lowest BCUT2D eigenvalue weighted by Gasteiger charge is -2.48. The van der Waals surface area contributed by atoms with Crippen molar-refractivity contribution in [3.8, 4) is 0 Å². The van der Waals surface area contributed by atoms with Crippen molar-refractivity contribution in [1.82, 2.24) is 4.98 Å². The predicted molar refractivity (Wildman–Crippen MR) is 73.7 cm³/mol. The molecule has 1 aromatic rings. The molecule has 0 radical (unpaired) electrons. The van der Waals surface area contributed by atoms with E-state index in [0.717, 1.165) is 36.1 Å². The van der Waals surface area contributed by atoms with Crippen LogP contribution in [-0.2, 0) is 12.0 Å². The maximum absolute atomic E-state index is 11.5. The lowest BCUT2D eigenvalue weighted by Crippen LogP contribution is -2.51. The van der Waals surface area contributed by atoms with Gasteiger partial charge in [0.25, 0.3) is 0 Å². The fourth-order valence-electron chi connectivity index (χ4n) is 3.98. The zero-order valence-corrected chi connectivity index (χ0v) is 11.1. The summed E-state index contributed by atoms with van der Waals surface area (Å²) in [6, 6.07) is 3.40. The third-order valence-corrected chi connectivity index (χ3v) is 4.56. The number of H-pyrrole nitrogens is 1. The summed E-state index contributed by atoms with van der Waals surface area (Å²) in [6.07, 6.45) is 4.63. The third-order valence-electron chi connectivity index (χ3n) is 4.56. The monoisotopic (exact) mass is 260 g/mol. The van der Waals surface area contributed by atoms with Gasteiger partial charge < -0.3 is 15.8 Å². The van der Waals surface area contributed by atoms with Gasteiger partial charge in [-0.25, -0.2) is 0 Å². The molecule has 4 heteroatoms. The van der Waals surface area contributed by atoms with Crippen LogP contribution in [0.1, 0.15) is 31.0 Å². The van der Waals surface area contributed by atoms with Crippen molar-refractivity contribution in [2.24, 2.45) is 17.6 Å². The van der Waals surface area contributed by atoms with E-state index in [2.05, 4.69) is 11.9 Å². The van der Waals surface area contributed by atoms with Gasteiger partial charge in [-0.1, -0.05) is 13.0 Å². The highest BCUT2D eigenvalue weighted by atomic mass is 16.2. The summed E-state index contributed by atoms with van der Waals surface area (Å²) in [5.74, 6) is 0.900. The Morgan fingerprint density at radius 2 is 2.37 bits per heavy atom. The molecule has 1 saturated carbocycles. The SMILES string of the molecule is C[C@@H]1C[C@H]2Cc3[nH]c(=O)ccc3[C@@](N)(C1)/C2=C/CO. The molecule has 2 aliphatic carbocycles. The molecule has 0 aliphatic heterocycles. The number of hydrogen-bond donors (Lipinski definition) is 3. The fraction of sp³-hybridized carbons (Fsp3) is 0.533. The average Bonchev–Trinajstić information content (AvgIpc) is 2.32. The Morgan fingerprint density at radius 3 is 3.11 bits per heavy atom. The smallest absolute Gasteiger partial charge is 0.248 e. The van der Waals surface area contributed by atoms with Crippen molar-refractivity contribution in [2.75, 3.05) is 6.61 Å². The Bertz CT molecular complexity index is 590. The lowest BCUT2D eigenvalue weighted by atomic mass is 9.60. The van der Waals surface area contributed by atoms with Gasteiger partial charge in [-0.2, -0.15) is 0 Å².